The van der Waals surface area contributed by atoms with Crippen molar-refractivity contribution in [3.05, 3.63) is 30.3 Å². The Morgan fingerprint density at radius 3 is 2.65 bits per heavy atom. The van der Waals surface area contributed by atoms with Crippen molar-refractivity contribution in [1.82, 2.24) is 5.32 Å². The van der Waals surface area contributed by atoms with Gasteiger partial charge in [-0.15, -0.1) is 0 Å². The van der Waals surface area contributed by atoms with Gasteiger partial charge in [0.25, 0.3) is 0 Å². The largest absolute Gasteiger partial charge is 0.372 e. The normalized spacial score (nSPS) is 11.9. The second-order valence-corrected chi connectivity index (χ2v) is 5.04. The second kappa shape index (κ2) is 9.37. The highest BCUT2D eigenvalue weighted by molar-refractivity contribution is 5.78. The Hall–Kier alpha value is -1.55. The van der Waals surface area contributed by atoms with E-state index in [1.807, 2.05) is 25.1 Å². The van der Waals surface area contributed by atoms with E-state index in [1.54, 1.807) is 0 Å². The maximum Gasteiger partial charge on any atom is 0.222 e. The quantitative estimate of drug-likeness (QED) is 0.679. The van der Waals surface area contributed by atoms with Crippen LogP contribution in [0.2, 0.25) is 0 Å². The van der Waals surface area contributed by atoms with Gasteiger partial charge in [-0.2, -0.15) is 0 Å². The lowest BCUT2D eigenvalue weighted by Gasteiger charge is -2.23. The number of nitrogens with one attached hydrogen (secondary N) is 1. The van der Waals surface area contributed by atoms with Crippen LogP contribution >= 0.6 is 0 Å². The van der Waals surface area contributed by atoms with Crippen LogP contribution in [0.5, 0.6) is 0 Å². The summed E-state index contributed by atoms with van der Waals surface area (Å²) >= 11 is 0. The Morgan fingerprint density at radius 1 is 1.35 bits per heavy atom. The minimum atomic E-state index is 0.0106. The standard InChI is InChI=1S/C16H27N3O/c1-3-19(15-8-5-4-6-9-15)13-7-12-18-16(20)14(2)10-11-17/h4-6,8-9,14H,3,7,10-13,17H2,1-2H3,(H,18,20). The number of carbonyl (C=O) groups is 1. The molecule has 0 fully saturated rings. The van der Waals surface area contributed by atoms with Crippen molar-refractivity contribution in [3.63, 3.8) is 0 Å². The Labute approximate surface area is 122 Å². The third kappa shape index (κ3) is 5.61. The molecule has 1 aromatic carbocycles. The highest BCUT2D eigenvalue weighted by Gasteiger charge is 2.11. The van der Waals surface area contributed by atoms with Crippen molar-refractivity contribution in [2.45, 2.75) is 26.7 Å². The van der Waals surface area contributed by atoms with E-state index in [-0.39, 0.29) is 11.8 Å². The Balaban J connectivity index is 2.27. The van der Waals surface area contributed by atoms with Gasteiger partial charge >= 0.3 is 0 Å². The van der Waals surface area contributed by atoms with Crippen LogP contribution in [0.4, 0.5) is 5.69 Å². The predicted octanol–water partition coefficient (Wildman–Crippen LogP) is 2.00. The van der Waals surface area contributed by atoms with Gasteiger partial charge in [0.15, 0.2) is 0 Å². The van der Waals surface area contributed by atoms with Crippen molar-refractivity contribution in [2.24, 2.45) is 11.7 Å². The van der Waals surface area contributed by atoms with Gasteiger partial charge in [0.1, 0.15) is 0 Å². The SMILES string of the molecule is CCN(CCCNC(=O)C(C)CCN)c1ccccc1. The topological polar surface area (TPSA) is 58.4 Å². The molecule has 3 N–H and O–H groups in total. The summed E-state index contributed by atoms with van der Waals surface area (Å²) in [5.74, 6) is 0.120. The summed E-state index contributed by atoms with van der Waals surface area (Å²) in [5.41, 5.74) is 6.69. The van der Waals surface area contributed by atoms with E-state index in [9.17, 15) is 4.79 Å². The van der Waals surface area contributed by atoms with Crippen molar-refractivity contribution in [2.75, 3.05) is 31.1 Å². The molecule has 1 rings (SSSR count). The summed E-state index contributed by atoms with van der Waals surface area (Å²) in [7, 11) is 0. The molecule has 0 saturated carbocycles. The number of amides is 1. The molecule has 4 nitrogen and oxygen atoms in total. The van der Waals surface area contributed by atoms with Crippen LogP contribution < -0.4 is 16.0 Å². The molecule has 0 heterocycles. The average molecular weight is 277 g/mol. The molecule has 0 aromatic heterocycles. The van der Waals surface area contributed by atoms with E-state index in [1.165, 1.54) is 5.69 Å². The third-order valence-electron chi connectivity index (χ3n) is 3.45. The summed E-state index contributed by atoms with van der Waals surface area (Å²) in [6, 6.07) is 10.4. The molecular weight excluding hydrogens is 250 g/mol. The highest BCUT2D eigenvalue weighted by Crippen LogP contribution is 2.12. The minimum Gasteiger partial charge on any atom is -0.372 e. The number of para-hydroxylation sites is 1. The van der Waals surface area contributed by atoms with Crippen molar-refractivity contribution >= 4 is 11.6 Å². The monoisotopic (exact) mass is 277 g/mol. The molecule has 0 aliphatic carbocycles. The van der Waals surface area contributed by atoms with Gasteiger partial charge in [-0.1, -0.05) is 25.1 Å². The van der Waals surface area contributed by atoms with Crippen LogP contribution in [0.3, 0.4) is 0 Å². The molecule has 0 saturated heterocycles. The fourth-order valence-corrected chi connectivity index (χ4v) is 2.15. The zero-order chi connectivity index (χ0) is 14.8. The molecule has 0 aliphatic heterocycles. The van der Waals surface area contributed by atoms with Gasteiger partial charge in [0.05, 0.1) is 0 Å². The van der Waals surface area contributed by atoms with Crippen LogP contribution in [0.15, 0.2) is 30.3 Å². The second-order valence-electron chi connectivity index (χ2n) is 5.04. The van der Waals surface area contributed by atoms with E-state index >= 15 is 0 Å². The lowest BCUT2D eigenvalue weighted by Crippen LogP contribution is -2.33. The molecule has 112 valence electrons. The van der Waals surface area contributed by atoms with Gasteiger partial charge in [0.2, 0.25) is 5.91 Å². The molecule has 20 heavy (non-hydrogen) atoms. The first kappa shape index (κ1) is 16.5. The number of benzene rings is 1. The molecule has 4 heteroatoms. The van der Waals surface area contributed by atoms with Gasteiger partial charge in [-0.25, -0.2) is 0 Å². The van der Waals surface area contributed by atoms with Crippen LogP contribution in [-0.2, 0) is 4.79 Å². The zero-order valence-electron chi connectivity index (χ0n) is 12.6. The molecule has 0 bridgehead atoms. The van der Waals surface area contributed by atoms with Crippen LogP contribution in [0.1, 0.15) is 26.7 Å². The first-order valence-corrected chi connectivity index (χ1v) is 7.46. The third-order valence-corrected chi connectivity index (χ3v) is 3.45. The number of hydrogen-bond donors (Lipinski definition) is 2. The Bertz CT molecular complexity index is 381. The Kier molecular flexibility index (Phi) is 7.73. The molecule has 1 amide bonds. The first-order chi connectivity index (χ1) is 9.69. The maximum atomic E-state index is 11.7. The molecule has 1 atom stereocenters. The number of nitrogens with two attached hydrogens (primary N) is 1. The van der Waals surface area contributed by atoms with E-state index in [4.69, 9.17) is 5.73 Å². The van der Waals surface area contributed by atoms with Crippen molar-refractivity contribution in [1.29, 1.82) is 0 Å². The summed E-state index contributed by atoms with van der Waals surface area (Å²) in [6.45, 7) is 7.27. The zero-order valence-corrected chi connectivity index (χ0v) is 12.6. The van der Waals surface area contributed by atoms with E-state index in [0.717, 1.165) is 32.5 Å². The molecule has 0 aliphatic rings. The van der Waals surface area contributed by atoms with Gasteiger partial charge in [0, 0.05) is 31.2 Å². The number of nitrogens with zero attached hydrogens (tertiary/aromatic N) is 1. The lowest BCUT2D eigenvalue weighted by molar-refractivity contribution is -0.124. The summed E-state index contributed by atoms with van der Waals surface area (Å²) in [4.78, 5) is 14.1. The van der Waals surface area contributed by atoms with Crippen molar-refractivity contribution < 1.29 is 4.79 Å². The summed E-state index contributed by atoms with van der Waals surface area (Å²) in [6.07, 6.45) is 1.70. The molecule has 1 unspecified atom stereocenters. The van der Waals surface area contributed by atoms with Crippen LogP contribution in [0, 0.1) is 5.92 Å². The van der Waals surface area contributed by atoms with Crippen molar-refractivity contribution in [3.8, 4) is 0 Å². The van der Waals surface area contributed by atoms with Gasteiger partial charge in [-0.3, -0.25) is 4.79 Å². The van der Waals surface area contributed by atoms with E-state index in [0.29, 0.717) is 6.54 Å². The lowest BCUT2D eigenvalue weighted by atomic mass is 10.1. The van der Waals surface area contributed by atoms with Gasteiger partial charge < -0.3 is 16.0 Å². The maximum absolute atomic E-state index is 11.7. The number of hydrogen-bond acceptors (Lipinski definition) is 3. The van der Waals surface area contributed by atoms with Crippen LogP contribution in [-0.4, -0.2) is 32.1 Å². The number of carbonyl (C=O) groups excluding carboxylic acids is 1. The number of anilines is 1. The average Bonchev–Trinajstić information content (AvgIpc) is 2.48. The highest BCUT2D eigenvalue weighted by atomic mass is 16.1. The summed E-state index contributed by atoms with van der Waals surface area (Å²) in [5, 5.41) is 2.98. The smallest absolute Gasteiger partial charge is 0.222 e. The fraction of sp³-hybridized carbons (Fsp3) is 0.562. The van der Waals surface area contributed by atoms with Crippen LogP contribution in [0.25, 0.3) is 0 Å². The minimum absolute atomic E-state index is 0.0106. The van der Waals surface area contributed by atoms with E-state index < -0.39 is 0 Å². The summed E-state index contributed by atoms with van der Waals surface area (Å²) < 4.78 is 0. The number of rotatable bonds is 9. The molecule has 0 spiro atoms. The van der Waals surface area contributed by atoms with Gasteiger partial charge in [-0.05, 0) is 38.4 Å². The molecule has 0 radical (unpaired) electrons. The first-order valence-electron chi connectivity index (χ1n) is 7.46. The van der Waals surface area contributed by atoms with E-state index in [2.05, 4.69) is 29.3 Å². The Morgan fingerprint density at radius 2 is 2.05 bits per heavy atom. The molecule has 1 aromatic rings. The molecular formula is C16H27N3O. The predicted molar refractivity (Wildman–Crippen MR) is 84.8 cm³/mol. The fourth-order valence-electron chi connectivity index (χ4n) is 2.15.